The fourth-order valence-electron chi connectivity index (χ4n) is 2.91. The molecule has 122 valence electrons. The molecule has 1 saturated heterocycles. The lowest BCUT2D eigenvalue weighted by molar-refractivity contribution is 0.0788. The van der Waals surface area contributed by atoms with E-state index in [1.54, 1.807) is 18.1 Å². The zero-order valence-electron chi connectivity index (χ0n) is 12.8. The molecule has 0 bridgehead atoms. The van der Waals surface area contributed by atoms with Crippen molar-refractivity contribution in [1.29, 1.82) is 0 Å². The summed E-state index contributed by atoms with van der Waals surface area (Å²) in [5.41, 5.74) is 6.31. The predicted molar refractivity (Wildman–Crippen MR) is 81.6 cm³/mol. The first kappa shape index (κ1) is 15.6. The average molecular weight is 320 g/mol. The second-order valence-corrected chi connectivity index (χ2v) is 5.83. The number of hydrogen-bond donors (Lipinski definition) is 1. The van der Waals surface area contributed by atoms with Crippen LogP contribution in [0.5, 0.6) is 0 Å². The Hall–Kier alpha value is -2.28. The lowest BCUT2D eigenvalue weighted by atomic mass is 10.1. The monoisotopic (exact) mass is 320 g/mol. The van der Waals surface area contributed by atoms with Crippen LogP contribution in [-0.4, -0.2) is 40.2 Å². The topological polar surface area (TPSA) is 64.2 Å². The van der Waals surface area contributed by atoms with Gasteiger partial charge < -0.3 is 10.6 Å². The molecule has 3 rings (SSSR count). The Kier molecular flexibility index (Phi) is 4.12. The van der Waals surface area contributed by atoms with Crippen molar-refractivity contribution in [3.63, 3.8) is 0 Å². The van der Waals surface area contributed by atoms with Crippen molar-refractivity contribution < 1.29 is 13.6 Å². The normalized spacial score (nSPS) is 17.7. The number of nitrogens with zero attached hydrogens (tertiary/aromatic N) is 3. The third-order valence-corrected chi connectivity index (χ3v) is 4.15. The zero-order chi connectivity index (χ0) is 16.6. The molecule has 0 unspecified atom stereocenters. The first-order chi connectivity index (χ1) is 11.0. The summed E-state index contributed by atoms with van der Waals surface area (Å²) >= 11 is 0. The predicted octanol–water partition coefficient (Wildman–Crippen LogP) is 1.79. The Morgan fingerprint density at radius 2 is 2.22 bits per heavy atom. The van der Waals surface area contributed by atoms with Crippen LogP contribution in [0.25, 0.3) is 11.3 Å². The molecule has 2 N–H and O–H groups in total. The Morgan fingerprint density at radius 3 is 2.87 bits per heavy atom. The van der Waals surface area contributed by atoms with Crippen molar-refractivity contribution in [3.8, 4) is 11.3 Å². The number of rotatable bonds is 3. The Labute approximate surface area is 132 Å². The Morgan fingerprint density at radius 1 is 1.43 bits per heavy atom. The van der Waals surface area contributed by atoms with E-state index in [-0.39, 0.29) is 17.2 Å². The van der Waals surface area contributed by atoms with Gasteiger partial charge in [-0.1, -0.05) is 0 Å². The van der Waals surface area contributed by atoms with Gasteiger partial charge in [0.2, 0.25) is 0 Å². The molecule has 7 heteroatoms. The highest BCUT2D eigenvalue weighted by Crippen LogP contribution is 2.28. The molecule has 1 fully saturated rings. The summed E-state index contributed by atoms with van der Waals surface area (Å²) in [7, 11) is 1.66. The van der Waals surface area contributed by atoms with Crippen LogP contribution in [0.3, 0.4) is 0 Å². The van der Waals surface area contributed by atoms with Crippen molar-refractivity contribution in [2.75, 3.05) is 19.6 Å². The SMILES string of the molecule is Cn1cc(C(=O)N2CC[C@@H](CN)C2)c(-c2ccc(F)cc2F)n1. The average Bonchev–Trinajstić information content (AvgIpc) is 3.13. The van der Waals surface area contributed by atoms with E-state index in [9.17, 15) is 13.6 Å². The largest absolute Gasteiger partial charge is 0.338 e. The van der Waals surface area contributed by atoms with E-state index in [0.29, 0.717) is 31.1 Å². The van der Waals surface area contributed by atoms with Crippen molar-refractivity contribution in [2.24, 2.45) is 18.7 Å². The molecule has 0 saturated carbocycles. The van der Waals surface area contributed by atoms with Gasteiger partial charge in [-0.2, -0.15) is 5.10 Å². The molecule has 1 aliphatic rings. The minimum Gasteiger partial charge on any atom is -0.338 e. The van der Waals surface area contributed by atoms with E-state index < -0.39 is 11.6 Å². The molecular weight excluding hydrogens is 302 g/mol. The number of amides is 1. The zero-order valence-corrected chi connectivity index (χ0v) is 12.8. The van der Waals surface area contributed by atoms with Crippen LogP contribution in [0.15, 0.2) is 24.4 Å². The summed E-state index contributed by atoms with van der Waals surface area (Å²) < 4.78 is 28.6. The van der Waals surface area contributed by atoms with Gasteiger partial charge >= 0.3 is 0 Å². The molecule has 1 atom stereocenters. The fourth-order valence-corrected chi connectivity index (χ4v) is 2.91. The maximum atomic E-state index is 14.1. The molecule has 0 spiro atoms. The van der Waals surface area contributed by atoms with Crippen molar-refractivity contribution in [1.82, 2.24) is 14.7 Å². The first-order valence-corrected chi connectivity index (χ1v) is 7.48. The third-order valence-electron chi connectivity index (χ3n) is 4.15. The van der Waals surface area contributed by atoms with Crippen LogP contribution in [0.4, 0.5) is 8.78 Å². The molecule has 1 amide bonds. The molecular formula is C16H18F2N4O. The standard InChI is InChI=1S/C16H18F2N4O/c1-21-9-13(16(23)22-5-4-10(7-19)8-22)15(20-21)12-3-2-11(17)6-14(12)18/h2-3,6,9-10H,4-5,7-8,19H2,1H3/t10-/m0/s1. The molecule has 5 nitrogen and oxygen atoms in total. The number of benzene rings is 1. The number of aromatic nitrogens is 2. The van der Waals surface area contributed by atoms with E-state index in [0.717, 1.165) is 18.6 Å². The number of likely N-dealkylation sites (tertiary alicyclic amines) is 1. The van der Waals surface area contributed by atoms with Gasteiger partial charge in [0, 0.05) is 38.0 Å². The van der Waals surface area contributed by atoms with E-state index in [1.807, 2.05) is 0 Å². The van der Waals surface area contributed by atoms with Crippen molar-refractivity contribution in [2.45, 2.75) is 6.42 Å². The van der Waals surface area contributed by atoms with E-state index in [4.69, 9.17) is 5.73 Å². The quantitative estimate of drug-likeness (QED) is 0.938. The molecule has 23 heavy (non-hydrogen) atoms. The molecule has 1 aliphatic heterocycles. The van der Waals surface area contributed by atoms with Crippen LogP contribution in [0, 0.1) is 17.6 Å². The minimum atomic E-state index is -0.737. The molecule has 0 aliphatic carbocycles. The highest BCUT2D eigenvalue weighted by molar-refractivity contribution is 6.00. The summed E-state index contributed by atoms with van der Waals surface area (Å²) in [6.45, 7) is 1.76. The summed E-state index contributed by atoms with van der Waals surface area (Å²) in [4.78, 5) is 14.4. The van der Waals surface area contributed by atoms with Crippen LogP contribution < -0.4 is 5.73 Å². The number of nitrogens with two attached hydrogens (primary N) is 1. The number of carbonyl (C=O) groups is 1. The molecule has 2 heterocycles. The van der Waals surface area contributed by atoms with Crippen molar-refractivity contribution in [3.05, 3.63) is 41.6 Å². The number of halogens is 2. The summed E-state index contributed by atoms with van der Waals surface area (Å²) in [5.74, 6) is -1.31. The molecule has 2 aromatic rings. The lowest BCUT2D eigenvalue weighted by Crippen LogP contribution is -2.30. The van der Waals surface area contributed by atoms with Gasteiger partial charge in [0.15, 0.2) is 0 Å². The maximum Gasteiger partial charge on any atom is 0.257 e. The number of aryl methyl sites for hydroxylation is 1. The van der Waals surface area contributed by atoms with E-state index in [2.05, 4.69) is 5.10 Å². The Bertz CT molecular complexity index is 744. The molecule has 1 aromatic heterocycles. The summed E-state index contributed by atoms with van der Waals surface area (Å²) in [6.07, 6.45) is 2.43. The van der Waals surface area contributed by atoms with Crippen LogP contribution >= 0.6 is 0 Å². The van der Waals surface area contributed by atoms with Crippen LogP contribution in [0.1, 0.15) is 16.8 Å². The second kappa shape index (κ2) is 6.08. The fraction of sp³-hybridized carbons (Fsp3) is 0.375. The van der Waals surface area contributed by atoms with Crippen LogP contribution in [-0.2, 0) is 7.05 Å². The summed E-state index contributed by atoms with van der Waals surface area (Å²) in [6, 6.07) is 3.25. The number of hydrogen-bond acceptors (Lipinski definition) is 3. The van der Waals surface area contributed by atoms with Gasteiger partial charge in [-0.05, 0) is 31.0 Å². The van der Waals surface area contributed by atoms with Gasteiger partial charge in [0.05, 0.1) is 5.56 Å². The highest BCUT2D eigenvalue weighted by atomic mass is 19.1. The highest BCUT2D eigenvalue weighted by Gasteiger charge is 2.29. The smallest absolute Gasteiger partial charge is 0.257 e. The molecule has 1 aromatic carbocycles. The minimum absolute atomic E-state index is 0.116. The number of carbonyl (C=O) groups excluding carboxylic acids is 1. The van der Waals surface area contributed by atoms with Gasteiger partial charge in [-0.3, -0.25) is 9.48 Å². The molecule has 0 radical (unpaired) electrons. The third kappa shape index (κ3) is 2.96. The van der Waals surface area contributed by atoms with Gasteiger partial charge in [0.1, 0.15) is 17.3 Å². The van der Waals surface area contributed by atoms with E-state index >= 15 is 0 Å². The lowest BCUT2D eigenvalue weighted by Gasteiger charge is -2.16. The second-order valence-electron chi connectivity index (χ2n) is 5.83. The van der Waals surface area contributed by atoms with E-state index in [1.165, 1.54) is 10.7 Å². The van der Waals surface area contributed by atoms with Gasteiger partial charge in [-0.15, -0.1) is 0 Å². The van der Waals surface area contributed by atoms with Gasteiger partial charge in [-0.25, -0.2) is 8.78 Å². The summed E-state index contributed by atoms with van der Waals surface area (Å²) in [5, 5.41) is 4.19. The van der Waals surface area contributed by atoms with Gasteiger partial charge in [0.25, 0.3) is 5.91 Å². The van der Waals surface area contributed by atoms with Crippen molar-refractivity contribution >= 4 is 5.91 Å². The Balaban J connectivity index is 1.96. The first-order valence-electron chi connectivity index (χ1n) is 7.48. The van der Waals surface area contributed by atoms with Crippen LogP contribution in [0.2, 0.25) is 0 Å². The maximum absolute atomic E-state index is 14.1.